The summed E-state index contributed by atoms with van der Waals surface area (Å²) in [4.78, 5) is 32.5. The fourth-order valence-corrected chi connectivity index (χ4v) is 6.61. The van der Waals surface area contributed by atoms with Gasteiger partial charge in [0.05, 0.1) is 33.3 Å². The molecule has 2 N–H and O–H groups in total. The Morgan fingerprint density at radius 2 is 1.76 bits per heavy atom. The minimum absolute atomic E-state index is 0.103. The van der Waals surface area contributed by atoms with Crippen LogP contribution >= 0.6 is 23.5 Å². The highest BCUT2D eigenvalue weighted by Gasteiger charge is 2.29. The van der Waals surface area contributed by atoms with E-state index in [1.165, 1.54) is 33.4 Å². The molecular weight excluding hydrogens is 684 g/mol. The Morgan fingerprint density at radius 1 is 1.02 bits per heavy atom. The van der Waals surface area contributed by atoms with Crippen molar-refractivity contribution < 1.29 is 22.4 Å². The van der Waals surface area contributed by atoms with E-state index in [9.17, 15) is 18.4 Å². The average molecular weight is 711 g/mol. The normalized spacial score (nSPS) is 13.7. The number of benzene rings is 3. The van der Waals surface area contributed by atoms with Gasteiger partial charge in [-0.1, -0.05) is 23.5 Å². The number of amides is 1. The Hall–Kier alpha value is -4.89. The summed E-state index contributed by atoms with van der Waals surface area (Å²) in [6.07, 6.45) is 5.19. The van der Waals surface area contributed by atoms with E-state index < -0.39 is 51.7 Å². The van der Waals surface area contributed by atoms with Crippen molar-refractivity contribution in [2.45, 2.75) is 37.8 Å². The van der Waals surface area contributed by atoms with Crippen LogP contribution in [-0.2, 0) is 24.8 Å². The zero-order valence-electron chi connectivity index (χ0n) is 26.0. The highest BCUT2D eigenvalue weighted by atomic mass is 35.5. The van der Waals surface area contributed by atoms with Crippen molar-refractivity contribution in [2.24, 2.45) is 7.05 Å². The fourth-order valence-electron chi connectivity index (χ4n) is 6.03. The first-order valence-corrected chi connectivity index (χ1v) is 16.8. The summed E-state index contributed by atoms with van der Waals surface area (Å²) in [6.45, 7) is -0.238. The molecule has 49 heavy (non-hydrogen) atoms. The molecule has 1 amide bonds. The SMILES string of the molecule is CSNc1nn(C)c2c(-n3c(C(Cc4cc(F)cc(F)c4)NC(=O)Cn4ccc(C5CC5)n4)nc4c(F)ccc(F)c4c3=O)ccc(Cl)c12. The van der Waals surface area contributed by atoms with Crippen LogP contribution in [0.15, 0.2) is 59.5 Å². The number of rotatable bonds is 10. The lowest BCUT2D eigenvalue weighted by Crippen LogP contribution is -2.37. The molecule has 7 rings (SSSR count). The van der Waals surface area contributed by atoms with Crippen LogP contribution in [0.3, 0.4) is 0 Å². The third-order valence-electron chi connectivity index (χ3n) is 8.28. The molecule has 1 aliphatic rings. The second kappa shape index (κ2) is 12.9. The van der Waals surface area contributed by atoms with E-state index in [4.69, 9.17) is 11.6 Å². The van der Waals surface area contributed by atoms with E-state index in [1.54, 1.807) is 19.5 Å². The number of halogens is 5. The summed E-state index contributed by atoms with van der Waals surface area (Å²) in [5, 5.41) is 11.9. The predicted molar refractivity (Wildman–Crippen MR) is 179 cm³/mol. The number of anilines is 1. The van der Waals surface area contributed by atoms with Gasteiger partial charge in [-0.2, -0.15) is 10.2 Å². The highest BCUT2D eigenvalue weighted by Crippen LogP contribution is 2.39. The van der Waals surface area contributed by atoms with Crippen molar-refractivity contribution in [3.05, 3.63) is 110 Å². The van der Waals surface area contributed by atoms with Gasteiger partial charge in [-0.3, -0.25) is 23.5 Å². The van der Waals surface area contributed by atoms with E-state index in [0.717, 1.165) is 47.4 Å². The van der Waals surface area contributed by atoms with Gasteiger partial charge in [-0.25, -0.2) is 22.5 Å². The predicted octanol–water partition coefficient (Wildman–Crippen LogP) is 6.35. The molecule has 6 aromatic rings. The average Bonchev–Trinajstić information content (AvgIpc) is 3.70. The van der Waals surface area contributed by atoms with E-state index in [0.29, 0.717) is 28.7 Å². The van der Waals surface area contributed by atoms with E-state index in [1.807, 2.05) is 6.07 Å². The highest BCUT2D eigenvalue weighted by molar-refractivity contribution is 7.99. The minimum Gasteiger partial charge on any atom is -0.344 e. The molecule has 0 bridgehead atoms. The molecule has 10 nitrogen and oxygen atoms in total. The van der Waals surface area contributed by atoms with Crippen LogP contribution in [0.1, 0.15) is 41.9 Å². The molecule has 0 saturated heterocycles. The second-order valence-electron chi connectivity index (χ2n) is 11.7. The van der Waals surface area contributed by atoms with Crippen molar-refractivity contribution in [1.29, 1.82) is 0 Å². The second-order valence-corrected chi connectivity index (χ2v) is 12.8. The first kappa shape index (κ1) is 32.6. The molecule has 252 valence electrons. The molecule has 1 unspecified atom stereocenters. The van der Waals surface area contributed by atoms with Crippen LogP contribution in [0, 0.1) is 23.3 Å². The van der Waals surface area contributed by atoms with Crippen LogP contribution in [0.5, 0.6) is 0 Å². The molecule has 0 aliphatic heterocycles. The molecule has 3 aromatic carbocycles. The van der Waals surface area contributed by atoms with Gasteiger partial charge < -0.3 is 10.0 Å². The van der Waals surface area contributed by atoms with Gasteiger partial charge in [0.15, 0.2) is 5.82 Å². The van der Waals surface area contributed by atoms with E-state index in [2.05, 4.69) is 25.2 Å². The number of fused-ring (bicyclic) bond motifs is 2. The number of carbonyl (C=O) groups is 1. The molecule has 1 saturated carbocycles. The van der Waals surface area contributed by atoms with Gasteiger partial charge in [0, 0.05) is 37.9 Å². The number of hydrogen-bond acceptors (Lipinski definition) is 7. The Morgan fingerprint density at radius 3 is 2.47 bits per heavy atom. The largest absolute Gasteiger partial charge is 0.344 e. The third kappa shape index (κ3) is 6.23. The molecule has 16 heteroatoms. The molecular formula is C33H27ClF4N8O2S. The van der Waals surface area contributed by atoms with Gasteiger partial charge in [-0.05, 0) is 60.9 Å². The number of aryl methyl sites for hydroxylation is 1. The lowest BCUT2D eigenvalue weighted by atomic mass is 10.0. The van der Waals surface area contributed by atoms with Gasteiger partial charge in [0.1, 0.15) is 46.5 Å². The maximum absolute atomic E-state index is 15.3. The Bertz CT molecular complexity index is 2320. The number of carbonyl (C=O) groups excluding carboxylic acids is 1. The first-order valence-electron chi connectivity index (χ1n) is 15.1. The summed E-state index contributed by atoms with van der Waals surface area (Å²) < 4.78 is 66.5. The zero-order valence-corrected chi connectivity index (χ0v) is 27.5. The van der Waals surface area contributed by atoms with Crippen molar-refractivity contribution >= 4 is 57.1 Å². The summed E-state index contributed by atoms with van der Waals surface area (Å²) in [6, 6.07) is 8.04. The Labute approximate surface area is 285 Å². The molecule has 3 aromatic heterocycles. The summed E-state index contributed by atoms with van der Waals surface area (Å²) in [5.74, 6) is -3.84. The smallest absolute Gasteiger partial charge is 0.269 e. The Kier molecular flexibility index (Phi) is 8.57. The van der Waals surface area contributed by atoms with Gasteiger partial charge >= 0.3 is 0 Å². The van der Waals surface area contributed by atoms with Crippen molar-refractivity contribution in [1.82, 2.24) is 34.4 Å². The van der Waals surface area contributed by atoms with Crippen LogP contribution in [-0.4, -0.2) is 41.3 Å². The molecule has 0 radical (unpaired) electrons. The maximum Gasteiger partial charge on any atom is 0.269 e. The Balaban J connectivity index is 1.45. The maximum atomic E-state index is 15.3. The fraction of sp³-hybridized carbons (Fsp3) is 0.242. The van der Waals surface area contributed by atoms with Crippen LogP contribution in [0.25, 0.3) is 27.5 Å². The van der Waals surface area contributed by atoms with Crippen LogP contribution in [0.2, 0.25) is 5.02 Å². The van der Waals surface area contributed by atoms with E-state index in [-0.39, 0.29) is 35.1 Å². The summed E-state index contributed by atoms with van der Waals surface area (Å²) in [7, 11) is 1.61. The van der Waals surface area contributed by atoms with Crippen molar-refractivity contribution in [3.8, 4) is 5.69 Å². The topological polar surface area (TPSA) is 112 Å². The monoisotopic (exact) mass is 710 g/mol. The third-order valence-corrected chi connectivity index (χ3v) is 8.99. The van der Waals surface area contributed by atoms with Gasteiger partial charge in [-0.15, -0.1) is 0 Å². The first-order chi connectivity index (χ1) is 23.5. The zero-order chi connectivity index (χ0) is 34.6. The van der Waals surface area contributed by atoms with Crippen molar-refractivity contribution in [2.75, 3.05) is 11.0 Å². The molecule has 1 fully saturated rings. The quantitative estimate of drug-likeness (QED) is 0.126. The molecule has 1 aliphatic carbocycles. The van der Waals surface area contributed by atoms with Gasteiger partial charge in [0.25, 0.3) is 5.56 Å². The number of hydrogen-bond donors (Lipinski definition) is 2. The molecule has 0 spiro atoms. The van der Waals surface area contributed by atoms with E-state index >= 15 is 8.78 Å². The summed E-state index contributed by atoms with van der Waals surface area (Å²) >= 11 is 7.87. The minimum atomic E-state index is -1.30. The number of nitrogens with zero attached hydrogens (tertiary/aromatic N) is 6. The lowest BCUT2D eigenvalue weighted by Gasteiger charge is -2.24. The van der Waals surface area contributed by atoms with Crippen molar-refractivity contribution in [3.63, 3.8) is 0 Å². The number of nitrogens with one attached hydrogen (secondary N) is 2. The van der Waals surface area contributed by atoms with Crippen LogP contribution in [0.4, 0.5) is 23.4 Å². The molecule has 1 atom stereocenters. The lowest BCUT2D eigenvalue weighted by molar-refractivity contribution is -0.122. The molecule has 3 heterocycles. The standard InChI is InChI=1S/C33H27ClF4N8O2S/c1-44-30-25(8-5-20(34)27(30)31(42-44)43-49-2)46-32(40-29-22(38)7-6-21(37)28(29)33(46)48)24(13-16-11-18(35)14-19(36)12-16)39-26(47)15-45-10-9-23(41-45)17-3-4-17/h5-12,14,17,24H,3-4,13,15H2,1-2H3,(H,39,47)(H,42,43). The number of aromatic nitrogens is 6. The van der Waals surface area contributed by atoms with Gasteiger partial charge in [0.2, 0.25) is 5.91 Å². The van der Waals surface area contributed by atoms with Crippen LogP contribution < -0.4 is 15.6 Å². The summed E-state index contributed by atoms with van der Waals surface area (Å²) in [5.41, 5.74) is -0.148.